The van der Waals surface area contributed by atoms with Gasteiger partial charge in [-0.2, -0.15) is 0 Å². The summed E-state index contributed by atoms with van der Waals surface area (Å²) in [4.78, 5) is 21.9. The zero-order valence-corrected chi connectivity index (χ0v) is 20.2. The summed E-state index contributed by atoms with van der Waals surface area (Å²) in [5.41, 5.74) is 1.80. The topological polar surface area (TPSA) is 108 Å². The zero-order chi connectivity index (χ0) is 23.8. The molecule has 0 heterocycles. The highest BCUT2D eigenvalue weighted by atomic mass is 35.5. The van der Waals surface area contributed by atoms with E-state index in [0.29, 0.717) is 42.3 Å². The smallest absolute Gasteiger partial charge is 0.300 e. The number of aliphatic hydroxyl groups is 1. The van der Waals surface area contributed by atoms with Crippen molar-refractivity contribution in [1.82, 2.24) is 10.6 Å². The van der Waals surface area contributed by atoms with Crippen LogP contribution in [0.4, 0.5) is 0 Å². The van der Waals surface area contributed by atoms with Crippen LogP contribution >= 0.6 is 11.6 Å². The van der Waals surface area contributed by atoms with Crippen molar-refractivity contribution < 1.29 is 24.5 Å². The van der Waals surface area contributed by atoms with Crippen molar-refractivity contribution in [2.75, 3.05) is 32.8 Å². The van der Waals surface area contributed by atoms with E-state index in [4.69, 9.17) is 31.3 Å². The fourth-order valence-corrected chi connectivity index (χ4v) is 6.45. The van der Waals surface area contributed by atoms with Gasteiger partial charge in [-0.25, -0.2) is 0 Å². The number of aliphatic carboxylic acids is 1. The van der Waals surface area contributed by atoms with Gasteiger partial charge in [0.15, 0.2) is 0 Å². The number of aliphatic hydroxyl groups excluding tert-OH is 1. The number of carboxylic acid groups (broad SMARTS) is 1. The molecule has 0 unspecified atom stereocenters. The number of halogens is 1. The van der Waals surface area contributed by atoms with Crippen LogP contribution in [0.5, 0.6) is 0 Å². The van der Waals surface area contributed by atoms with Crippen molar-refractivity contribution in [1.29, 1.82) is 0 Å². The summed E-state index contributed by atoms with van der Waals surface area (Å²) in [6, 6.07) is 5.53. The molecule has 4 aliphatic rings. The van der Waals surface area contributed by atoms with E-state index in [1.54, 1.807) is 6.07 Å². The maximum absolute atomic E-state index is 12.9. The number of ether oxygens (including phenoxy) is 1. The minimum atomic E-state index is -0.833. The van der Waals surface area contributed by atoms with Gasteiger partial charge >= 0.3 is 0 Å². The third kappa shape index (κ3) is 7.67. The van der Waals surface area contributed by atoms with Gasteiger partial charge in [0, 0.05) is 26.6 Å². The predicted octanol–water partition coefficient (Wildman–Crippen LogP) is 3.48. The van der Waals surface area contributed by atoms with E-state index in [2.05, 4.69) is 10.6 Å². The number of carbonyl (C=O) groups excluding carboxylic acids is 1. The van der Waals surface area contributed by atoms with E-state index >= 15 is 0 Å². The first-order valence-electron chi connectivity index (χ1n) is 12.0. The fourth-order valence-electron chi connectivity index (χ4n) is 6.24. The second-order valence-corrected chi connectivity index (χ2v) is 10.4. The Balaban J connectivity index is 0.000000709. The van der Waals surface area contributed by atoms with Gasteiger partial charge in [-0.3, -0.25) is 9.59 Å². The number of amides is 1. The summed E-state index contributed by atoms with van der Waals surface area (Å²) in [5.74, 6) is 1.74. The molecule has 1 aromatic carbocycles. The average molecular weight is 481 g/mol. The summed E-state index contributed by atoms with van der Waals surface area (Å²) in [6.07, 6.45) is 8.09. The lowest BCUT2D eigenvalue weighted by Crippen LogP contribution is -2.51. The lowest BCUT2D eigenvalue weighted by Gasteiger charge is -2.56. The first kappa shape index (κ1) is 25.9. The summed E-state index contributed by atoms with van der Waals surface area (Å²) < 4.78 is 5.65. The fraction of sp³-hybridized carbons (Fsp3) is 0.680. The van der Waals surface area contributed by atoms with Crippen LogP contribution in [0.25, 0.3) is 0 Å². The Bertz CT molecular complexity index is 777. The molecule has 5 rings (SSSR count). The molecule has 4 saturated carbocycles. The van der Waals surface area contributed by atoms with E-state index in [1.807, 2.05) is 12.1 Å². The highest BCUT2D eigenvalue weighted by molar-refractivity contribution is 6.33. The van der Waals surface area contributed by atoms with Crippen LogP contribution in [-0.4, -0.2) is 54.9 Å². The second-order valence-electron chi connectivity index (χ2n) is 9.96. The Kier molecular flexibility index (Phi) is 9.56. The van der Waals surface area contributed by atoms with Crippen molar-refractivity contribution in [2.45, 2.75) is 52.1 Å². The van der Waals surface area contributed by atoms with Gasteiger partial charge in [-0.05, 0) is 79.4 Å². The van der Waals surface area contributed by atoms with Crippen LogP contribution in [0.2, 0.25) is 5.02 Å². The van der Waals surface area contributed by atoms with E-state index in [0.717, 1.165) is 36.8 Å². The van der Waals surface area contributed by atoms with Crippen molar-refractivity contribution in [2.24, 2.45) is 23.2 Å². The second kappa shape index (κ2) is 12.2. The van der Waals surface area contributed by atoms with Crippen LogP contribution in [0.1, 0.15) is 61.4 Å². The van der Waals surface area contributed by atoms with E-state index in [1.165, 1.54) is 38.5 Å². The molecule has 0 spiro atoms. The van der Waals surface area contributed by atoms with Crippen LogP contribution in [0.3, 0.4) is 0 Å². The molecule has 0 saturated heterocycles. The number of nitrogens with one attached hydrogen (secondary N) is 2. The van der Waals surface area contributed by atoms with Crippen LogP contribution < -0.4 is 10.6 Å². The number of hydrogen-bond acceptors (Lipinski definition) is 5. The van der Waals surface area contributed by atoms with Gasteiger partial charge in [-0.1, -0.05) is 17.7 Å². The third-order valence-electron chi connectivity index (χ3n) is 7.04. The number of carbonyl (C=O) groups is 2. The number of benzene rings is 1. The number of carboxylic acids is 1. The maximum atomic E-state index is 12.9. The number of hydrogen-bond donors (Lipinski definition) is 4. The Morgan fingerprint density at radius 1 is 1.12 bits per heavy atom. The van der Waals surface area contributed by atoms with Gasteiger partial charge in [0.05, 0.1) is 30.4 Å². The molecular weight excluding hydrogens is 444 g/mol. The van der Waals surface area contributed by atoms with Crippen molar-refractivity contribution in [3.8, 4) is 0 Å². The Hall–Kier alpha value is -1.67. The Morgan fingerprint density at radius 2 is 1.73 bits per heavy atom. The summed E-state index contributed by atoms with van der Waals surface area (Å²) in [6.45, 7) is 4.23. The van der Waals surface area contributed by atoms with Crippen molar-refractivity contribution >= 4 is 23.5 Å². The van der Waals surface area contributed by atoms with Gasteiger partial charge < -0.3 is 25.6 Å². The average Bonchev–Trinajstić information content (AvgIpc) is 2.74. The largest absolute Gasteiger partial charge is 0.481 e. The minimum Gasteiger partial charge on any atom is -0.481 e. The highest BCUT2D eigenvalue weighted by Gasteiger charge is 2.50. The molecule has 0 atom stereocenters. The first-order valence-corrected chi connectivity index (χ1v) is 12.3. The van der Waals surface area contributed by atoms with Crippen molar-refractivity contribution in [3.63, 3.8) is 0 Å². The molecule has 4 fully saturated rings. The summed E-state index contributed by atoms with van der Waals surface area (Å²) in [5, 5.41) is 22.9. The van der Waals surface area contributed by atoms with E-state index in [9.17, 15) is 4.79 Å². The zero-order valence-electron chi connectivity index (χ0n) is 19.4. The summed E-state index contributed by atoms with van der Waals surface area (Å²) in [7, 11) is 0. The van der Waals surface area contributed by atoms with Gasteiger partial charge in [0.25, 0.3) is 11.9 Å². The molecule has 0 aromatic heterocycles. The standard InChI is InChI=1S/C23H33ClN2O3.C2H4O2/c24-21-2-1-16(14-29-6-4-25-3-5-27)10-20(21)22(28)26-15-23-11-17-7-18(12-23)9-19(8-17)13-23;1-2(3)4/h1-2,10,17-19,25,27H,3-9,11-15H2,(H,26,28);1H3,(H,3,4). The molecule has 4 aliphatic carbocycles. The molecule has 7 nitrogen and oxygen atoms in total. The summed E-state index contributed by atoms with van der Waals surface area (Å²) >= 11 is 6.33. The third-order valence-corrected chi connectivity index (χ3v) is 7.37. The molecule has 1 aromatic rings. The molecule has 8 heteroatoms. The minimum absolute atomic E-state index is 0.0720. The first-order chi connectivity index (χ1) is 15.8. The van der Waals surface area contributed by atoms with E-state index < -0.39 is 5.97 Å². The Labute approximate surface area is 201 Å². The molecular formula is C25H37ClN2O5. The van der Waals surface area contributed by atoms with Crippen LogP contribution in [0.15, 0.2) is 18.2 Å². The molecule has 1 amide bonds. The van der Waals surface area contributed by atoms with Gasteiger partial charge in [-0.15, -0.1) is 0 Å². The lowest BCUT2D eigenvalue weighted by atomic mass is 9.49. The van der Waals surface area contributed by atoms with Gasteiger partial charge in [0.2, 0.25) is 0 Å². The molecule has 33 heavy (non-hydrogen) atoms. The SMILES string of the molecule is CC(=O)O.O=C(NCC12CC3CC(CC(C3)C1)C2)c1cc(COCCNCCO)ccc1Cl. The van der Waals surface area contributed by atoms with E-state index in [-0.39, 0.29) is 12.5 Å². The highest BCUT2D eigenvalue weighted by Crippen LogP contribution is 2.59. The Morgan fingerprint density at radius 3 is 2.30 bits per heavy atom. The maximum Gasteiger partial charge on any atom is 0.300 e. The normalized spacial score (nSPS) is 27.1. The monoisotopic (exact) mass is 480 g/mol. The predicted molar refractivity (Wildman–Crippen MR) is 127 cm³/mol. The molecule has 4 N–H and O–H groups in total. The van der Waals surface area contributed by atoms with Crippen molar-refractivity contribution in [3.05, 3.63) is 34.3 Å². The van der Waals surface area contributed by atoms with Crippen LogP contribution in [0, 0.1) is 23.2 Å². The molecule has 0 radical (unpaired) electrons. The molecule has 4 bridgehead atoms. The molecule has 184 valence electrons. The van der Waals surface area contributed by atoms with Crippen LogP contribution in [-0.2, 0) is 16.1 Å². The lowest BCUT2D eigenvalue weighted by molar-refractivity contribution is -0.134. The quantitative estimate of drug-likeness (QED) is 0.382. The number of rotatable bonds is 10. The molecule has 0 aliphatic heterocycles. The van der Waals surface area contributed by atoms with Gasteiger partial charge in [0.1, 0.15) is 0 Å².